The standard InChI is InChI=1S/C21H24N2/c1-3-5-16-6-4-7-17(10-16)11-20-13-18(14-22-2)12-19-8-9-23-15-21(19)20/h4,6-10,12-13,15,22H,3,5,11,14H2,1-2H3. The van der Waals surface area contributed by atoms with Gasteiger partial charge in [-0.15, -0.1) is 0 Å². The summed E-state index contributed by atoms with van der Waals surface area (Å²) >= 11 is 0. The SMILES string of the molecule is CCCc1cccc(Cc2cc(CNC)cc3ccncc23)c1. The highest BCUT2D eigenvalue weighted by atomic mass is 14.8. The fourth-order valence-electron chi connectivity index (χ4n) is 3.20. The van der Waals surface area contributed by atoms with Crippen LogP contribution in [-0.2, 0) is 19.4 Å². The van der Waals surface area contributed by atoms with Crippen LogP contribution >= 0.6 is 0 Å². The maximum absolute atomic E-state index is 4.32. The van der Waals surface area contributed by atoms with Crippen molar-refractivity contribution in [2.75, 3.05) is 7.05 Å². The van der Waals surface area contributed by atoms with E-state index in [1.54, 1.807) is 0 Å². The van der Waals surface area contributed by atoms with Crippen molar-refractivity contribution < 1.29 is 0 Å². The molecule has 23 heavy (non-hydrogen) atoms. The Balaban J connectivity index is 1.99. The lowest BCUT2D eigenvalue weighted by Gasteiger charge is -2.11. The summed E-state index contributed by atoms with van der Waals surface area (Å²) in [6, 6.07) is 15.6. The fourth-order valence-corrected chi connectivity index (χ4v) is 3.20. The molecule has 0 saturated carbocycles. The van der Waals surface area contributed by atoms with Crippen LogP contribution in [0.5, 0.6) is 0 Å². The number of aromatic nitrogens is 1. The number of pyridine rings is 1. The Hall–Kier alpha value is -2.19. The van der Waals surface area contributed by atoms with E-state index in [9.17, 15) is 0 Å². The van der Waals surface area contributed by atoms with Gasteiger partial charge in [0.1, 0.15) is 0 Å². The highest BCUT2D eigenvalue weighted by Crippen LogP contribution is 2.23. The van der Waals surface area contributed by atoms with Crippen molar-refractivity contribution in [3.05, 3.63) is 77.1 Å². The molecule has 1 heterocycles. The van der Waals surface area contributed by atoms with Gasteiger partial charge in [0.15, 0.2) is 0 Å². The predicted molar refractivity (Wildman–Crippen MR) is 97.7 cm³/mol. The van der Waals surface area contributed by atoms with Crippen molar-refractivity contribution in [2.24, 2.45) is 0 Å². The number of fused-ring (bicyclic) bond motifs is 1. The van der Waals surface area contributed by atoms with E-state index >= 15 is 0 Å². The average Bonchev–Trinajstić information content (AvgIpc) is 2.56. The molecule has 1 N–H and O–H groups in total. The van der Waals surface area contributed by atoms with E-state index in [-0.39, 0.29) is 0 Å². The number of hydrogen-bond acceptors (Lipinski definition) is 2. The summed E-state index contributed by atoms with van der Waals surface area (Å²) < 4.78 is 0. The maximum atomic E-state index is 4.32. The van der Waals surface area contributed by atoms with Crippen LogP contribution in [0.3, 0.4) is 0 Å². The Labute approximate surface area is 138 Å². The molecule has 2 aromatic carbocycles. The van der Waals surface area contributed by atoms with Crippen LogP contribution in [-0.4, -0.2) is 12.0 Å². The molecular weight excluding hydrogens is 280 g/mol. The summed E-state index contributed by atoms with van der Waals surface area (Å²) in [7, 11) is 1.99. The largest absolute Gasteiger partial charge is 0.316 e. The van der Waals surface area contributed by atoms with E-state index < -0.39 is 0 Å². The molecule has 0 atom stereocenters. The van der Waals surface area contributed by atoms with Gasteiger partial charge in [-0.05, 0) is 59.7 Å². The first-order chi connectivity index (χ1) is 11.3. The van der Waals surface area contributed by atoms with E-state index in [0.29, 0.717) is 0 Å². The van der Waals surface area contributed by atoms with Crippen LogP contribution in [0.15, 0.2) is 54.9 Å². The monoisotopic (exact) mass is 304 g/mol. The van der Waals surface area contributed by atoms with E-state index in [1.807, 2.05) is 19.4 Å². The number of nitrogens with zero attached hydrogens (tertiary/aromatic N) is 1. The van der Waals surface area contributed by atoms with Crippen LogP contribution in [0.4, 0.5) is 0 Å². The summed E-state index contributed by atoms with van der Waals surface area (Å²) in [5.41, 5.74) is 5.49. The maximum Gasteiger partial charge on any atom is 0.0349 e. The fraction of sp³-hybridized carbons (Fsp3) is 0.286. The first-order valence-electron chi connectivity index (χ1n) is 8.38. The lowest BCUT2D eigenvalue weighted by atomic mass is 9.95. The topological polar surface area (TPSA) is 24.9 Å². The van der Waals surface area contributed by atoms with Crippen molar-refractivity contribution in [3.8, 4) is 0 Å². The number of nitrogens with one attached hydrogen (secondary N) is 1. The molecule has 3 aromatic rings. The normalized spacial score (nSPS) is 11.0. The van der Waals surface area contributed by atoms with E-state index in [0.717, 1.165) is 19.4 Å². The van der Waals surface area contributed by atoms with Gasteiger partial charge < -0.3 is 5.32 Å². The molecule has 2 heteroatoms. The second-order valence-corrected chi connectivity index (χ2v) is 6.13. The van der Waals surface area contributed by atoms with Gasteiger partial charge in [-0.3, -0.25) is 4.98 Å². The first-order valence-corrected chi connectivity index (χ1v) is 8.38. The van der Waals surface area contributed by atoms with Gasteiger partial charge in [0, 0.05) is 24.3 Å². The Morgan fingerprint density at radius 2 is 1.87 bits per heavy atom. The summed E-state index contributed by atoms with van der Waals surface area (Å²) in [5, 5.41) is 5.78. The van der Waals surface area contributed by atoms with Crippen LogP contribution in [0, 0.1) is 0 Å². The number of rotatable bonds is 6. The van der Waals surface area contributed by atoms with Crippen molar-refractivity contribution in [2.45, 2.75) is 32.7 Å². The Morgan fingerprint density at radius 1 is 1.00 bits per heavy atom. The summed E-state index contributed by atoms with van der Waals surface area (Å²) in [4.78, 5) is 4.32. The molecule has 0 aliphatic carbocycles. The lowest BCUT2D eigenvalue weighted by Crippen LogP contribution is -2.06. The van der Waals surface area contributed by atoms with Crippen LogP contribution in [0.25, 0.3) is 10.8 Å². The van der Waals surface area contributed by atoms with Crippen molar-refractivity contribution in [1.29, 1.82) is 0 Å². The minimum Gasteiger partial charge on any atom is -0.316 e. The minimum atomic E-state index is 0.890. The molecule has 0 aliphatic rings. The zero-order chi connectivity index (χ0) is 16.1. The predicted octanol–water partition coefficient (Wildman–Crippen LogP) is 4.50. The summed E-state index contributed by atoms with van der Waals surface area (Å²) in [5.74, 6) is 0. The highest BCUT2D eigenvalue weighted by molar-refractivity contribution is 5.85. The van der Waals surface area contributed by atoms with Crippen molar-refractivity contribution >= 4 is 10.8 Å². The summed E-state index contributed by atoms with van der Waals surface area (Å²) in [6.07, 6.45) is 7.15. The molecule has 0 amide bonds. The molecule has 0 saturated heterocycles. The molecule has 118 valence electrons. The molecule has 0 bridgehead atoms. The number of hydrogen-bond donors (Lipinski definition) is 1. The Kier molecular flexibility index (Phi) is 5.04. The minimum absolute atomic E-state index is 0.890. The highest BCUT2D eigenvalue weighted by Gasteiger charge is 2.06. The second kappa shape index (κ2) is 7.38. The zero-order valence-electron chi connectivity index (χ0n) is 14.0. The molecule has 0 aliphatic heterocycles. The van der Waals surface area contributed by atoms with Gasteiger partial charge >= 0.3 is 0 Å². The Bertz CT molecular complexity index is 793. The van der Waals surface area contributed by atoms with Gasteiger partial charge in [0.05, 0.1) is 0 Å². The first kappa shape index (κ1) is 15.7. The molecule has 1 aromatic heterocycles. The molecule has 0 unspecified atom stereocenters. The average molecular weight is 304 g/mol. The molecular formula is C21H24N2. The smallest absolute Gasteiger partial charge is 0.0349 e. The third-order valence-corrected chi connectivity index (χ3v) is 4.21. The molecule has 0 radical (unpaired) electrons. The van der Waals surface area contributed by atoms with Crippen molar-refractivity contribution in [1.82, 2.24) is 10.3 Å². The van der Waals surface area contributed by atoms with Crippen LogP contribution in [0.2, 0.25) is 0 Å². The van der Waals surface area contributed by atoms with Crippen molar-refractivity contribution in [3.63, 3.8) is 0 Å². The zero-order valence-corrected chi connectivity index (χ0v) is 14.0. The van der Waals surface area contributed by atoms with E-state index in [4.69, 9.17) is 0 Å². The van der Waals surface area contributed by atoms with Gasteiger partial charge in [0.2, 0.25) is 0 Å². The molecule has 3 rings (SSSR count). The quantitative estimate of drug-likeness (QED) is 0.725. The number of aryl methyl sites for hydroxylation is 1. The van der Waals surface area contributed by atoms with Gasteiger partial charge in [-0.25, -0.2) is 0 Å². The number of benzene rings is 2. The lowest BCUT2D eigenvalue weighted by molar-refractivity contribution is 0.817. The second-order valence-electron chi connectivity index (χ2n) is 6.13. The van der Waals surface area contributed by atoms with Gasteiger partial charge in [-0.2, -0.15) is 0 Å². The van der Waals surface area contributed by atoms with E-state index in [1.165, 1.54) is 39.4 Å². The summed E-state index contributed by atoms with van der Waals surface area (Å²) in [6.45, 7) is 3.12. The molecule has 0 spiro atoms. The Morgan fingerprint density at radius 3 is 2.70 bits per heavy atom. The third-order valence-electron chi connectivity index (χ3n) is 4.21. The van der Waals surface area contributed by atoms with Crippen LogP contribution < -0.4 is 5.32 Å². The van der Waals surface area contributed by atoms with Crippen LogP contribution in [0.1, 0.15) is 35.6 Å². The third kappa shape index (κ3) is 3.77. The molecule has 2 nitrogen and oxygen atoms in total. The van der Waals surface area contributed by atoms with E-state index in [2.05, 4.69) is 59.7 Å². The van der Waals surface area contributed by atoms with Gasteiger partial charge in [0.25, 0.3) is 0 Å². The molecule has 0 fully saturated rings. The van der Waals surface area contributed by atoms with Gasteiger partial charge in [-0.1, -0.05) is 43.7 Å².